The summed E-state index contributed by atoms with van der Waals surface area (Å²) in [5, 5.41) is 0. The number of hydrogen-bond acceptors (Lipinski definition) is 2. The molecule has 0 bridgehead atoms. The van der Waals surface area contributed by atoms with Crippen LogP contribution in [-0.4, -0.2) is 11.9 Å². The van der Waals surface area contributed by atoms with Gasteiger partial charge in [-0.25, -0.2) is 0 Å². The van der Waals surface area contributed by atoms with Crippen molar-refractivity contribution < 1.29 is 28.0 Å². The van der Waals surface area contributed by atoms with Crippen molar-refractivity contribution in [2.75, 3.05) is 0 Å². The first-order valence-electron chi connectivity index (χ1n) is 3.62. The molecule has 1 rings (SSSR count). The molecule has 1 aliphatic rings. The van der Waals surface area contributed by atoms with Gasteiger partial charge in [0.2, 0.25) is 0 Å². The van der Waals surface area contributed by atoms with Crippen LogP contribution in [0.1, 0.15) is 26.7 Å². The van der Waals surface area contributed by atoms with Gasteiger partial charge in [-0.3, -0.25) is 0 Å². The summed E-state index contributed by atoms with van der Waals surface area (Å²) in [5.41, 5.74) is 0. The standard InChI is InChI=1S/C8H14O2.V/c1-4-5-7-6-9-8(2,3)10-7;/h6-7H,1,4-5H2,2-3H3;/q-2;+2. The first-order chi connectivity index (χ1) is 4.64. The fourth-order valence-electron chi connectivity index (χ4n) is 0.988. The van der Waals surface area contributed by atoms with Crippen LogP contribution < -0.4 is 0 Å². The monoisotopic (exact) mass is 193 g/mol. The van der Waals surface area contributed by atoms with Crippen molar-refractivity contribution in [2.24, 2.45) is 0 Å². The Kier molecular flexibility index (Phi) is 4.72. The van der Waals surface area contributed by atoms with E-state index in [9.17, 15) is 0 Å². The predicted octanol–water partition coefficient (Wildman–Crippen LogP) is 1.91. The van der Waals surface area contributed by atoms with E-state index in [4.69, 9.17) is 9.47 Å². The van der Waals surface area contributed by atoms with Gasteiger partial charge in [-0.05, 0) is 20.0 Å². The molecule has 1 aliphatic heterocycles. The van der Waals surface area contributed by atoms with Gasteiger partial charge in [0.1, 0.15) is 5.79 Å². The van der Waals surface area contributed by atoms with Crippen LogP contribution in [0.25, 0.3) is 0 Å². The summed E-state index contributed by atoms with van der Waals surface area (Å²) in [6, 6.07) is 0. The molecule has 0 aromatic carbocycles. The van der Waals surface area contributed by atoms with Crippen LogP contribution in [0.4, 0.5) is 0 Å². The number of rotatable bonds is 2. The quantitative estimate of drug-likeness (QED) is 0.623. The molecule has 3 heteroatoms. The van der Waals surface area contributed by atoms with E-state index in [1.807, 2.05) is 13.8 Å². The zero-order chi connectivity index (χ0) is 7.61. The summed E-state index contributed by atoms with van der Waals surface area (Å²) in [6.45, 7) is 9.32. The molecule has 63 valence electrons. The molecule has 1 radical (unpaired) electrons. The first-order valence-corrected chi connectivity index (χ1v) is 3.62. The zero-order valence-corrected chi connectivity index (χ0v) is 8.44. The van der Waals surface area contributed by atoms with Crippen LogP contribution in [0.5, 0.6) is 0 Å². The summed E-state index contributed by atoms with van der Waals surface area (Å²) < 4.78 is 10.7. The minimum Gasteiger partial charge on any atom is -0.525 e. The molecule has 0 aromatic heterocycles. The summed E-state index contributed by atoms with van der Waals surface area (Å²) in [4.78, 5) is 0. The van der Waals surface area contributed by atoms with Crippen molar-refractivity contribution in [3.63, 3.8) is 0 Å². The van der Waals surface area contributed by atoms with E-state index in [1.54, 1.807) is 6.61 Å². The van der Waals surface area contributed by atoms with Crippen molar-refractivity contribution in [2.45, 2.75) is 38.6 Å². The molecule has 1 atom stereocenters. The van der Waals surface area contributed by atoms with E-state index >= 15 is 0 Å². The number of hydrogen-bond donors (Lipinski definition) is 0. The van der Waals surface area contributed by atoms with E-state index in [0.29, 0.717) is 0 Å². The molecule has 0 N–H and O–H groups in total. The van der Waals surface area contributed by atoms with Gasteiger partial charge in [0.15, 0.2) is 0 Å². The van der Waals surface area contributed by atoms with Crippen LogP contribution in [0.15, 0.2) is 0 Å². The molecule has 0 amide bonds. The van der Waals surface area contributed by atoms with E-state index in [0.717, 1.165) is 12.8 Å². The Morgan fingerprint density at radius 3 is 2.55 bits per heavy atom. The fourth-order valence-corrected chi connectivity index (χ4v) is 0.988. The van der Waals surface area contributed by atoms with Crippen LogP contribution >= 0.6 is 0 Å². The Bertz CT molecular complexity index is 115. The molecular weight excluding hydrogens is 179 g/mol. The molecule has 1 heterocycles. The minimum absolute atomic E-state index is 0. The molecule has 1 fully saturated rings. The molecule has 11 heavy (non-hydrogen) atoms. The van der Waals surface area contributed by atoms with Gasteiger partial charge in [-0.15, -0.1) is 0 Å². The van der Waals surface area contributed by atoms with Crippen LogP contribution in [0, 0.1) is 13.5 Å². The second-order valence-electron chi connectivity index (χ2n) is 2.95. The van der Waals surface area contributed by atoms with E-state index in [1.165, 1.54) is 0 Å². The average molecular weight is 193 g/mol. The van der Waals surface area contributed by atoms with Crippen LogP contribution in [-0.2, 0) is 28.0 Å². The molecule has 2 nitrogen and oxygen atoms in total. The Morgan fingerprint density at radius 1 is 1.55 bits per heavy atom. The fraction of sp³-hybridized carbons (Fsp3) is 0.750. The predicted molar refractivity (Wildman–Crippen MR) is 38.9 cm³/mol. The SMILES string of the molecule is [CH2-]CCC1[CH-]OC(C)(C)O1.[V+2]. The normalized spacial score (nSPS) is 28.1. The van der Waals surface area contributed by atoms with Crippen LogP contribution in [0.3, 0.4) is 0 Å². The van der Waals surface area contributed by atoms with Gasteiger partial charge in [-0.2, -0.15) is 13.0 Å². The third-order valence-electron chi connectivity index (χ3n) is 1.43. The molecule has 0 saturated carbocycles. The van der Waals surface area contributed by atoms with E-state index in [-0.39, 0.29) is 24.7 Å². The minimum atomic E-state index is -0.417. The van der Waals surface area contributed by atoms with Gasteiger partial charge in [0.25, 0.3) is 0 Å². The molecule has 1 saturated heterocycles. The molecule has 0 aliphatic carbocycles. The van der Waals surface area contributed by atoms with Crippen molar-refractivity contribution in [1.82, 2.24) is 0 Å². The van der Waals surface area contributed by atoms with E-state index < -0.39 is 5.79 Å². The Morgan fingerprint density at radius 2 is 2.18 bits per heavy atom. The summed E-state index contributed by atoms with van der Waals surface area (Å²) in [6.07, 6.45) is 1.98. The maximum absolute atomic E-state index is 5.47. The molecule has 0 spiro atoms. The summed E-state index contributed by atoms with van der Waals surface area (Å²) in [7, 11) is 0. The summed E-state index contributed by atoms with van der Waals surface area (Å²) in [5.74, 6) is -0.417. The van der Waals surface area contributed by atoms with Crippen molar-refractivity contribution in [3.8, 4) is 0 Å². The van der Waals surface area contributed by atoms with Gasteiger partial charge >= 0.3 is 18.6 Å². The van der Waals surface area contributed by atoms with Crippen molar-refractivity contribution >= 4 is 0 Å². The van der Waals surface area contributed by atoms with Crippen LogP contribution in [0.2, 0.25) is 0 Å². The molecule has 1 unspecified atom stereocenters. The van der Waals surface area contributed by atoms with Gasteiger partial charge in [0.05, 0.1) is 0 Å². The van der Waals surface area contributed by atoms with Crippen molar-refractivity contribution in [3.05, 3.63) is 13.5 Å². The third-order valence-corrected chi connectivity index (χ3v) is 1.43. The second-order valence-corrected chi connectivity index (χ2v) is 2.95. The molecular formula is C8H14O2V. The zero-order valence-electron chi connectivity index (χ0n) is 7.04. The largest absolute Gasteiger partial charge is 2.00 e. The summed E-state index contributed by atoms with van der Waals surface area (Å²) >= 11 is 0. The average Bonchev–Trinajstić information content (AvgIpc) is 2.12. The maximum Gasteiger partial charge on any atom is 2.00 e. The maximum atomic E-state index is 5.47. The first kappa shape index (κ1) is 11.5. The Hall–Kier alpha value is 0.504. The Balaban J connectivity index is 0.000001000. The Labute approximate surface area is 80.5 Å². The molecule has 0 aromatic rings. The van der Waals surface area contributed by atoms with E-state index in [2.05, 4.69) is 6.92 Å². The smallest absolute Gasteiger partial charge is 0.525 e. The second kappa shape index (κ2) is 4.51. The topological polar surface area (TPSA) is 18.5 Å². The van der Waals surface area contributed by atoms with Gasteiger partial charge < -0.3 is 16.4 Å². The van der Waals surface area contributed by atoms with Gasteiger partial charge in [-0.1, -0.05) is 6.42 Å². The third kappa shape index (κ3) is 3.61. The van der Waals surface area contributed by atoms with Gasteiger partial charge in [0, 0.05) is 0 Å². The van der Waals surface area contributed by atoms with Crippen molar-refractivity contribution in [1.29, 1.82) is 0 Å². The number of ether oxygens (including phenoxy) is 2.